The molecule has 2 aromatic carbocycles. The third-order valence-corrected chi connectivity index (χ3v) is 5.54. The summed E-state index contributed by atoms with van der Waals surface area (Å²) in [4.78, 5) is 18.3. The van der Waals surface area contributed by atoms with Gasteiger partial charge in [0.15, 0.2) is 11.5 Å². The Balaban J connectivity index is 1.57. The molecule has 3 heterocycles. The molecule has 1 atom stereocenters. The van der Waals surface area contributed by atoms with Gasteiger partial charge >= 0.3 is 0 Å². The van der Waals surface area contributed by atoms with Crippen molar-refractivity contribution in [3.63, 3.8) is 0 Å². The van der Waals surface area contributed by atoms with E-state index in [1.165, 1.54) is 0 Å². The van der Waals surface area contributed by atoms with Gasteiger partial charge in [-0.1, -0.05) is 30.3 Å². The highest BCUT2D eigenvalue weighted by atomic mass is 16.7. The first-order valence-corrected chi connectivity index (χ1v) is 9.61. The molecule has 0 spiro atoms. The maximum atomic E-state index is 13.1. The number of benzene rings is 2. The summed E-state index contributed by atoms with van der Waals surface area (Å²) in [6, 6.07) is 14.1. The number of H-pyrrole nitrogens is 1. The molecule has 1 fully saturated rings. The zero-order valence-corrected chi connectivity index (χ0v) is 15.5. The molecule has 1 amide bonds. The van der Waals surface area contributed by atoms with E-state index in [0.29, 0.717) is 32.7 Å². The molecule has 3 aromatic rings. The highest BCUT2D eigenvalue weighted by Gasteiger charge is 2.30. The van der Waals surface area contributed by atoms with Crippen LogP contribution in [0.25, 0.3) is 10.9 Å². The zero-order chi connectivity index (χ0) is 18.9. The number of amides is 1. The van der Waals surface area contributed by atoms with E-state index < -0.39 is 0 Å². The minimum absolute atomic E-state index is 0.122. The first-order valence-electron chi connectivity index (χ1n) is 9.61. The molecule has 6 nitrogen and oxygen atoms in total. The van der Waals surface area contributed by atoms with Crippen molar-refractivity contribution in [1.82, 2.24) is 9.88 Å². The Hall–Kier alpha value is -2.99. The third-order valence-electron chi connectivity index (χ3n) is 5.54. The van der Waals surface area contributed by atoms with Crippen molar-refractivity contribution < 1.29 is 19.0 Å². The fourth-order valence-corrected chi connectivity index (χ4v) is 4.11. The Labute approximate surface area is 163 Å². The second-order valence-electron chi connectivity index (χ2n) is 7.12. The Bertz CT molecular complexity index is 1010. The molecule has 5 rings (SSSR count). The number of carbonyl (C=O) groups is 1. The van der Waals surface area contributed by atoms with E-state index in [0.717, 1.165) is 33.5 Å². The van der Waals surface area contributed by atoms with Gasteiger partial charge in [-0.15, -0.1) is 0 Å². The predicted molar refractivity (Wildman–Crippen MR) is 105 cm³/mol. The summed E-state index contributed by atoms with van der Waals surface area (Å²) in [5.41, 5.74) is 3.15. The van der Waals surface area contributed by atoms with Crippen LogP contribution >= 0.6 is 0 Å². The summed E-state index contributed by atoms with van der Waals surface area (Å²) < 4.78 is 16.7. The molecule has 28 heavy (non-hydrogen) atoms. The summed E-state index contributed by atoms with van der Waals surface area (Å²) >= 11 is 0. The summed E-state index contributed by atoms with van der Waals surface area (Å²) in [6.07, 6.45) is 2.39. The first kappa shape index (κ1) is 17.1. The second-order valence-corrected chi connectivity index (χ2v) is 7.12. The van der Waals surface area contributed by atoms with E-state index in [2.05, 4.69) is 17.1 Å². The maximum Gasteiger partial charge on any atom is 0.231 e. The fourth-order valence-electron chi connectivity index (χ4n) is 4.11. The van der Waals surface area contributed by atoms with Crippen molar-refractivity contribution in [3.8, 4) is 11.5 Å². The molecule has 0 saturated carbocycles. The number of ether oxygens (including phenoxy) is 3. The highest BCUT2D eigenvalue weighted by Crippen LogP contribution is 2.44. The summed E-state index contributed by atoms with van der Waals surface area (Å²) in [7, 11) is 0. The van der Waals surface area contributed by atoms with Crippen LogP contribution in [-0.4, -0.2) is 48.9 Å². The van der Waals surface area contributed by atoms with E-state index >= 15 is 0 Å². The lowest BCUT2D eigenvalue weighted by atomic mass is 9.87. The molecule has 0 bridgehead atoms. The van der Waals surface area contributed by atoms with Gasteiger partial charge < -0.3 is 24.1 Å². The number of aromatic nitrogens is 1. The van der Waals surface area contributed by atoms with Crippen molar-refractivity contribution in [2.75, 3.05) is 33.1 Å². The number of hydrogen-bond acceptors (Lipinski definition) is 4. The summed E-state index contributed by atoms with van der Waals surface area (Å²) in [5, 5.41) is 1.12. The number of fused-ring (bicyclic) bond motifs is 2. The predicted octanol–water partition coefficient (Wildman–Crippen LogP) is 3.28. The molecule has 144 valence electrons. The number of aromatic amines is 1. The Morgan fingerprint density at radius 3 is 2.79 bits per heavy atom. The van der Waals surface area contributed by atoms with Crippen LogP contribution in [0.1, 0.15) is 23.5 Å². The number of rotatable bonds is 4. The molecular weight excluding hydrogens is 356 g/mol. The number of carbonyl (C=O) groups excluding carboxylic acids is 1. The normalized spacial score (nSPS) is 17.1. The largest absolute Gasteiger partial charge is 0.454 e. The zero-order valence-electron chi connectivity index (χ0n) is 15.5. The van der Waals surface area contributed by atoms with Crippen molar-refractivity contribution in [1.29, 1.82) is 0 Å². The van der Waals surface area contributed by atoms with Crippen LogP contribution in [0.4, 0.5) is 0 Å². The summed E-state index contributed by atoms with van der Waals surface area (Å²) in [6.45, 7) is 2.70. The van der Waals surface area contributed by atoms with Crippen LogP contribution in [0.3, 0.4) is 0 Å². The van der Waals surface area contributed by atoms with Gasteiger partial charge in [0.2, 0.25) is 12.7 Å². The van der Waals surface area contributed by atoms with Crippen molar-refractivity contribution >= 4 is 16.8 Å². The van der Waals surface area contributed by atoms with Crippen LogP contribution in [0.2, 0.25) is 0 Å². The van der Waals surface area contributed by atoms with Crippen LogP contribution in [0.5, 0.6) is 11.5 Å². The van der Waals surface area contributed by atoms with E-state index in [9.17, 15) is 4.79 Å². The number of morpholine rings is 1. The van der Waals surface area contributed by atoms with E-state index in [1.807, 2.05) is 41.4 Å². The van der Waals surface area contributed by atoms with Crippen LogP contribution in [0.15, 0.2) is 48.7 Å². The molecule has 2 aliphatic heterocycles. The molecule has 1 saturated heterocycles. The molecular formula is C22H22N2O4. The standard InChI is InChI=1S/C22H22N2O4/c25-21(24-8-10-26-11-9-24)12-17(16-5-3-7-20-22(16)28-14-27-20)18-13-23-19-6-2-1-4-15(18)19/h1-7,13,17,23H,8-12,14H2/t17-/m0/s1. The van der Waals surface area contributed by atoms with Crippen LogP contribution in [0, 0.1) is 0 Å². The number of para-hydroxylation sites is 2. The summed E-state index contributed by atoms with van der Waals surface area (Å²) in [5.74, 6) is 1.49. The number of hydrogen-bond donors (Lipinski definition) is 1. The van der Waals surface area contributed by atoms with E-state index in [4.69, 9.17) is 14.2 Å². The van der Waals surface area contributed by atoms with E-state index in [-0.39, 0.29) is 18.6 Å². The van der Waals surface area contributed by atoms with Gasteiger partial charge in [0, 0.05) is 48.1 Å². The van der Waals surface area contributed by atoms with Gasteiger partial charge in [-0.05, 0) is 17.7 Å². The lowest BCUT2D eigenvalue weighted by molar-refractivity contribution is -0.135. The highest BCUT2D eigenvalue weighted by molar-refractivity contribution is 5.86. The Morgan fingerprint density at radius 1 is 1.04 bits per heavy atom. The maximum absolute atomic E-state index is 13.1. The monoisotopic (exact) mass is 378 g/mol. The molecule has 1 aromatic heterocycles. The molecule has 2 aliphatic rings. The Morgan fingerprint density at radius 2 is 1.89 bits per heavy atom. The van der Waals surface area contributed by atoms with Gasteiger partial charge in [0.05, 0.1) is 13.2 Å². The lowest BCUT2D eigenvalue weighted by Gasteiger charge is -2.29. The van der Waals surface area contributed by atoms with Crippen molar-refractivity contribution in [3.05, 3.63) is 59.8 Å². The van der Waals surface area contributed by atoms with E-state index in [1.54, 1.807) is 0 Å². The lowest BCUT2D eigenvalue weighted by Crippen LogP contribution is -2.41. The molecule has 6 heteroatoms. The van der Waals surface area contributed by atoms with Gasteiger partial charge in [-0.3, -0.25) is 4.79 Å². The van der Waals surface area contributed by atoms with Crippen molar-refractivity contribution in [2.45, 2.75) is 12.3 Å². The smallest absolute Gasteiger partial charge is 0.231 e. The number of nitrogens with one attached hydrogen (secondary N) is 1. The Kier molecular flexibility index (Phi) is 4.41. The number of nitrogens with zero attached hydrogens (tertiary/aromatic N) is 1. The third kappa shape index (κ3) is 2.99. The molecule has 0 aliphatic carbocycles. The van der Waals surface area contributed by atoms with Crippen LogP contribution in [-0.2, 0) is 9.53 Å². The SMILES string of the molecule is O=C(C[C@@H](c1cccc2c1OCO2)c1c[nH]c2ccccc12)N1CCOCC1. The van der Waals surface area contributed by atoms with Crippen LogP contribution < -0.4 is 9.47 Å². The first-order chi connectivity index (χ1) is 13.8. The molecule has 1 N–H and O–H groups in total. The van der Waals surface area contributed by atoms with Gasteiger partial charge in [0.1, 0.15) is 0 Å². The molecule has 0 unspecified atom stereocenters. The average molecular weight is 378 g/mol. The quantitative estimate of drug-likeness (QED) is 0.757. The topological polar surface area (TPSA) is 63.8 Å². The fraction of sp³-hybridized carbons (Fsp3) is 0.318. The molecule has 0 radical (unpaired) electrons. The van der Waals surface area contributed by atoms with Gasteiger partial charge in [-0.2, -0.15) is 0 Å². The minimum Gasteiger partial charge on any atom is -0.454 e. The van der Waals surface area contributed by atoms with Crippen molar-refractivity contribution in [2.24, 2.45) is 0 Å². The average Bonchev–Trinajstić information content (AvgIpc) is 3.39. The minimum atomic E-state index is -0.122. The second kappa shape index (κ2) is 7.20. The van der Waals surface area contributed by atoms with Gasteiger partial charge in [0.25, 0.3) is 0 Å². The van der Waals surface area contributed by atoms with Gasteiger partial charge in [-0.25, -0.2) is 0 Å².